The van der Waals surface area contributed by atoms with Gasteiger partial charge in [-0.25, -0.2) is 0 Å². The number of ether oxygens (including phenoxy) is 1. The van der Waals surface area contributed by atoms with Gasteiger partial charge < -0.3 is 19.9 Å². The number of benzene rings is 1. The Bertz CT molecular complexity index is 976. The number of fused-ring (bicyclic) bond motifs is 1. The van der Waals surface area contributed by atoms with E-state index in [1.807, 2.05) is 19.1 Å². The Morgan fingerprint density at radius 1 is 1.26 bits per heavy atom. The van der Waals surface area contributed by atoms with Crippen molar-refractivity contribution < 1.29 is 9.53 Å². The average Bonchev–Trinajstić information content (AvgIpc) is 3.17. The highest BCUT2D eigenvalue weighted by Crippen LogP contribution is 2.27. The van der Waals surface area contributed by atoms with E-state index in [4.69, 9.17) is 15.6 Å². The first-order valence-electron chi connectivity index (χ1n) is 10.5. The van der Waals surface area contributed by atoms with E-state index in [1.54, 1.807) is 30.2 Å². The van der Waals surface area contributed by atoms with Crippen LogP contribution in [0.15, 0.2) is 48.2 Å². The van der Waals surface area contributed by atoms with Gasteiger partial charge in [0.05, 0.1) is 12.7 Å². The lowest BCUT2D eigenvalue weighted by molar-refractivity contribution is 0.0964. The summed E-state index contributed by atoms with van der Waals surface area (Å²) in [5.74, 6) is 1.13. The number of likely N-dealkylation sites (tertiary alicyclic amines) is 1. The lowest BCUT2D eigenvalue weighted by Crippen LogP contribution is -2.31. The minimum atomic E-state index is -0.263. The number of amides is 1. The molecule has 0 unspecified atom stereocenters. The number of methoxy groups -OCH3 is 1. The predicted octanol–water partition coefficient (Wildman–Crippen LogP) is 3.48. The molecule has 7 heteroatoms. The number of hydrogen-bond acceptors (Lipinski definition) is 5. The number of rotatable bonds is 6. The summed E-state index contributed by atoms with van der Waals surface area (Å²) in [7, 11) is 3.64. The number of amidine groups is 2. The van der Waals surface area contributed by atoms with Crippen LogP contribution in [-0.4, -0.2) is 54.6 Å². The van der Waals surface area contributed by atoms with Crippen molar-refractivity contribution in [3.05, 3.63) is 64.9 Å². The van der Waals surface area contributed by atoms with Gasteiger partial charge >= 0.3 is 0 Å². The fourth-order valence-electron chi connectivity index (χ4n) is 3.85. The Hall–Kier alpha value is -3.19. The van der Waals surface area contributed by atoms with Crippen LogP contribution in [0.25, 0.3) is 0 Å². The molecule has 2 aliphatic rings. The minimum absolute atomic E-state index is 0.263. The summed E-state index contributed by atoms with van der Waals surface area (Å²) in [5.41, 5.74) is 4.06. The van der Waals surface area contributed by atoms with Crippen molar-refractivity contribution in [2.75, 3.05) is 27.2 Å². The topological polar surface area (TPSA) is 92.5 Å². The first-order valence-corrected chi connectivity index (χ1v) is 10.5. The third-order valence-electron chi connectivity index (χ3n) is 5.65. The van der Waals surface area contributed by atoms with Crippen LogP contribution in [0.3, 0.4) is 0 Å². The molecule has 0 bridgehead atoms. The summed E-state index contributed by atoms with van der Waals surface area (Å²) in [6, 6.07) is 3.87. The van der Waals surface area contributed by atoms with E-state index in [2.05, 4.69) is 23.8 Å². The van der Waals surface area contributed by atoms with E-state index in [0.29, 0.717) is 35.2 Å². The number of likely N-dealkylation sites (N-methyl/N-ethyl adjacent to an activating group) is 1. The summed E-state index contributed by atoms with van der Waals surface area (Å²) in [4.78, 5) is 16.8. The fourth-order valence-corrected chi connectivity index (χ4v) is 3.85. The number of allylic oxidation sites excluding steroid dienone is 3. The van der Waals surface area contributed by atoms with E-state index in [1.165, 1.54) is 5.56 Å². The van der Waals surface area contributed by atoms with Gasteiger partial charge in [-0.1, -0.05) is 18.7 Å². The number of nitrogens with one attached hydrogen (secondary N) is 3. The molecule has 1 aromatic carbocycles. The van der Waals surface area contributed by atoms with Crippen LogP contribution in [0.1, 0.15) is 41.3 Å². The predicted molar refractivity (Wildman–Crippen MR) is 124 cm³/mol. The van der Waals surface area contributed by atoms with Crippen molar-refractivity contribution in [3.63, 3.8) is 0 Å². The van der Waals surface area contributed by atoms with Crippen LogP contribution in [0.2, 0.25) is 0 Å². The third kappa shape index (κ3) is 5.30. The van der Waals surface area contributed by atoms with Crippen molar-refractivity contribution in [2.45, 2.75) is 32.7 Å². The summed E-state index contributed by atoms with van der Waals surface area (Å²) in [6.45, 7) is 8.27. The SMILES string of the molecule is C=C(/C=C\C=C(/C)C(=N)N1CCCC1=N)NC(=O)c1cc2c(cc1OC)CCN(C)C2. The van der Waals surface area contributed by atoms with Crippen molar-refractivity contribution in [1.29, 1.82) is 10.8 Å². The smallest absolute Gasteiger partial charge is 0.259 e. The Morgan fingerprint density at radius 2 is 2.03 bits per heavy atom. The second-order valence-corrected chi connectivity index (χ2v) is 8.05. The highest BCUT2D eigenvalue weighted by atomic mass is 16.5. The minimum Gasteiger partial charge on any atom is -0.496 e. The van der Waals surface area contributed by atoms with Crippen LogP contribution >= 0.6 is 0 Å². The molecule has 0 spiro atoms. The van der Waals surface area contributed by atoms with Crippen LogP contribution < -0.4 is 10.1 Å². The van der Waals surface area contributed by atoms with Gasteiger partial charge in [0.2, 0.25) is 0 Å². The van der Waals surface area contributed by atoms with Gasteiger partial charge in [0, 0.05) is 31.8 Å². The molecule has 7 nitrogen and oxygen atoms in total. The summed E-state index contributed by atoms with van der Waals surface area (Å²) in [5, 5.41) is 19.0. The normalized spacial score (nSPS) is 17.1. The van der Waals surface area contributed by atoms with Crippen molar-refractivity contribution in [1.82, 2.24) is 15.1 Å². The highest BCUT2D eigenvalue weighted by molar-refractivity contribution is 6.07. The number of nitrogens with zero attached hydrogens (tertiary/aromatic N) is 2. The van der Waals surface area contributed by atoms with Crippen LogP contribution in [-0.2, 0) is 13.0 Å². The van der Waals surface area contributed by atoms with Crippen LogP contribution in [0.5, 0.6) is 5.75 Å². The molecule has 2 aliphatic heterocycles. The van der Waals surface area contributed by atoms with Gasteiger partial charge in [-0.15, -0.1) is 0 Å². The Balaban J connectivity index is 1.65. The number of carbonyl (C=O) groups excluding carboxylic acids is 1. The lowest BCUT2D eigenvalue weighted by Gasteiger charge is -2.26. The molecule has 0 radical (unpaired) electrons. The Morgan fingerprint density at radius 3 is 2.71 bits per heavy atom. The summed E-state index contributed by atoms with van der Waals surface area (Å²) >= 11 is 0. The molecule has 31 heavy (non-hydrogen) atoms. The van der Waals surface area contributed by atoms with E-state index >= 15 is 0 Å². The van der Waals surface area contributed by atoms with Crippen molar-refractivity contribution >= 4 is 17.6 Å². The highest BCUT2D eigenvalue weighted by Gasteiger charge is 2.22. The molecule has 3 rings (SSSR count). The fraction of sp³-hybridized carbons (Fsp3) is 0.375. The van der Waals surface area contributed by atoms with Crippen molar-refractivity contribution in [3.8, 4) is 5.75 Å². The lowest BCUT2D eigenvalue weighted by atomic mass is 9.96. The molecule has 164 valence electrons. The molecule has 3 N–H and O–H groups in total. The standard InChI is InChI=1S/C24H31N5O2/c1-16(23(26)29-11-6-9-22(29)25)7-5-8-17(2)27-24(30)20-13-19-15-28(3)12-10-18(19)14-21(20)31-4/h5,7-8,13-14,25-26H,2,6,9-12,15H2,1,3-4H3,(H,27,30)/b8-5-,16-7+,25-22?,26-23?. The third-order valence-corrected chi connectivity index (χ3v) is 5.65. The molecule has 1 saturated heterocycles. The van der Waals surface area contributed by atoms with Crippen LogP contribution in [0.4, 0.5) is 0 Å². The molecule has 0 aliphatic carbocycles. The molecule has 0 aromatic heterocycles. The molecule has 2 heterocycles. The maximum atomic E-state index is 12.8. The van der Waals surface area contributed by atoms with Gasteiger partial charge in [0.15, 0.2) is 0 Å². The van der Waals surface area contributed by atoms with E-state index < -0.39 is 0 Å². The molecule has 1 aromatic rings. The molecule has 0 saturated carbocycles. The summed E-state index contributed by atoms with van der Waals surface area (Å²) in [6.07, 6.45) is 7.82. The van der Waals surface area contributed by atoms with Gasteiger partial charge in [-0.05, 0) is 61.7 Å². The van der Waals surface area contributed by atoms with Gasteiger partial charge in [-0.3, -0.25) is 15.6 Å². The first-order chi connectivity index (χ1) is 14.8. The molecular weight excluding hydrogens is 390 g/mol. The largest absolute Gasteiger partial charge is 0.496 e. The molecule has 1 amide bonds. The van der Waals surface area contributed by atoms with Gasteiger partial charge in [0.25, 0.3) is 5.91 Å². The first kappa shape index (κ1) is 22.5. The second kappa shape index (κ2) is 9.75. The maximum absolute atomic E-state index is 12.8. The molecule has 1 fully saturated rings. The number of carbonyl (C=O) groups is 1. The maximum Gasteiger partial charge on any atom is 0.259 e. The van der Waals surface area contributed by atoms with E-state index in [-0.39, 0.29) is 5.91 Å². The van der Waals surface area contributed by atoms with Crippen LogP contribution in [0, 0.1) is 10.8 Å². The zero-order valence-electron chi connectivity index (χ0n) is 18.5. The van der Waals surface area contributed by atoms with E-state index in [9.17, 15) is 4.79 Å². The Kier molecular flexibility index (Phi) is 7.07. The second-order valence-electron chi connectivity index (χ2n) is 8.05. The molecule has 0 atom stereocenters. The Labute approximate surface area is 184 Å². The quantitative estimate of drug-likeness (QED) is 0.372. The van der Waals surface area contributed by atoms with Crippen molar-refractivity contribution in [2.24, 2.45) is 0 Å². The molecular formula is C24H31N5O2. The monoisotopic (exact) mass is 421 g/mol. The summed E-state index contributed by atoms with van der Waals surface area (Å²) < 4.78 is 5.46. The van der Waals surface area contributed by atoms with Gasteiger partial charge in [-0.2, -0.15) is 0 Å². The number of hydrogen-bond donors (Lipinski definition) is 3. The van der Waals surface area contributed by atoms with Gasteiger partial charge in [0.1, 0.15) is 17.4 Å². The van der Waals surface area contributed by atoms with E-state index in [0.717, 1.165) is 43.5 Å². The zero-order chi connectivity index (χ0) is 22.5. The zero-order valence-corrected chi connectivity index (χ0v) is 18.5. The average molecular weight is 422 g/mol.